The van der Waals surface area contributed by atoms with E-state index < -0.39 is 11.7 Å². The maximum absolute atomic E-state index is 12.4. The summed E-state index contributed by atoms with van der Waals surface area (Å²) in [5.41, 5.74) is -0.723. The zero-order valence-corrected chi connectivity index (χ0v) is 10.3. The summed E-state index contributed by atoms with van der Waals surface area (Å²) in [7, 11) is 0. The van der Waals surface area contributed by atoms with Gasteiger partial charge in [0.05, 0.1) is 17.7 Å². The number of ether oxygens (including phenoxy) is 1. The highest BCUT2D eigenvalue weighted by Crippen LogP contribution is 2.39. The van der Waals surface area contributed by atoms with Crippen LogP contribution >= 0.6 is 0 Å². The number of halogens is 3. The summed E-state index contributed by atoms with van der Waals surface area (Å²) in [5.74, 6) is 1.09. The first-order valence-corrected chi connectivity index (χ1v) is 6.45. The number of pyridine rings is 1. The highest BCUT2D eigenvalue weighted by molar-refractivity contribution is 5.38. The fourth-order valence-corrected chi connectivity index (χ4v) is 2.49. The minimum Gasteiger partial charge on any atom is -0.376 e. The maximum atomic E-state index is 12.4. The second kappa shape index (κ2) is 4.67. The van der Waals surface area contributed by atoms with Crippen molar-refractivity contribution in [2.24, 2.45) is 5.92 Å². The molecule has 1 aliphatic carbocycles. The van der Waals surface area contributed by atoms with Gasteiger partial charge >= 0.3 is 6.18 Å². The van der Waals surface area contributed by atoms with Crippen molar-refractivity contribution < 1.29 is 17.9 Å². The van der Waals surface area contributed by atoms with Crippen LogP contribution in [0.5, 0.6) is 0 Å². The van der Waals surface area contributed by atoms with Gasteiger partial charge in [0.25, 0.3) is 0 Å². The minimum absolute atomic E-state index is 0.164. The van der Waals surface area contributed by atoms with Crippen LogP contribution in [-0.2, 0) is 10.9 Å². The van der Waals surface area contributed by atoms with E-state index in [1.807, 2.05) is 0 Å². The molecule has 1 aliphatic heterocycles. The number of hydrogen-bond acceptors (Lipinski definition) is 3. The van der Waals surface area contributed by atoms with Gasteiger partial charge in [-0.2, -0.15) is 13.2 Å². The number of rotatable bonds is 3. The van der Waals surface area contributed by atoms with Crippen molar-refractivity contribution in [1.29, 1.82) is 0 Å². The summed E-state index contributed by atoms with van der Waals surface area (Å²) in [4.78, 5) is 3.84. The fourth-order valence-electron chi connectivity index (χ4n) is 2.49. The van der Waals surface area contributed by atoms with Crippen LogP contribution in [-0.4, -0.2) is 23.7 Å². The quantitative estimate of drug-likeness (QED) is 0.918. The van der Waals surface area contributed by atoms with Crippen molar-refractivity contribution in [3.63, 3.8) is 0 Å². The third kappa shape index (κ3) is 2.83. The normalized spacial score (nSPS) is 27.5. The van der Waals surface area contributed by atoms with E-state index >= 15 is 0 Å². The first-order chi connectivity index (χ1) is 9.04. The van der Waals surface area contributed by atoms with Crippen LogP contribution in [0.4, 0.5) is 19.0 Å². The third-order valence-corrected chi connectivity index (χ3v) is 3.65. The molecule has 3 nitrogen and oxygen atoms in total. The number of anilines is 1. The van der Waals surface area contributed by atoms with E-state index in [1.165, 1.54) is 18.9 Å². The highest BCUT2D eigenvalue weighted by atomic mass is 19.4. The molecule has 0 spiro atoms. The van der Waals surface area contributed by atoms with Gasteiger partial charge in [-0.05, 0) is 37.3 Å². The Labute approximate surface area is 109 Å². The van der Waals surface area contributed by atoms with Crippen molar-refractivity contribution in [2.45, 2.75) is 37.6 Å². The molecule has 1 aromatic rings. The van der Waals surface area contributed by atoms with Crippen LogP contribution in [0.1, 0.15) is 24.8 Å². The van der Waals surface area contributed by atoms with Gasteiger partial charge in [0.2, 0.25) is 0 Å². The Morgan fingerprint density at radius 2 is 2.00 bits per heavy atom. The van der Waals surface area contributed by atoms with Crippen molar-refractivity contribution in [1.82, 2.24) is 4.98 Å². The Morgan fingerprint density at radius 3 is 2.58 bits per heavy atom. The monoisotopic (exact) mass is 272 g/mol. The topological polar surface area (TPSA) is 34.1 Å². The SMILES string of the molecule is FC(F)(F)c1ccc(NC2CCOC2C2CC2)nc1. The molecule has 1 saturated carbocycles. The Morgan fingerprint density at radius 1 is 1.21 bits per heavy atom. The van der Waals surface area contributed by atoms with Crippen LogP contribution in [0.15, 0.2) is 18.3 Å². The maximum Gasteiger partial charge on any atom is 0.417 e. The van der Waals surface area contributed by atoms with Crippen LogP contribution in [0, 0.1) is 5.92 Å². The average Bonchev–Trinajstić information content (AvgIpc) is 3.10. The smallest absolute Gasteiger partial charge is 0.376 e. The molecule has 0 amide bonds. The number of hydrogen-bond donors (Lipinski definition) is 1. The van der Waals surface area contributed by atoms with E-state index in [0.717, 1.165) is 18.7 Å². The van der Waals surface area contributed by atoms with Gasteiger partial charge < -0.3 is 10.1 Å². The molecule has 0 aromatic carbocycles. The molecule has 0 radical (unpaired) electrons. The van der Waals surface area contributed by atoms with E-state index in [1.54, 1.807) is 0 Å². The zero-order chi connectivity index (χ0) is 13.5. The van der Waals surface area contributed by atoms with E-state index in [4.69, 9.17) is 4.74 Å². The third-order valence-electron chi connectivity index (χ3n) is 3.65. The fraction of sp³-hybridized carbons (Fsp3) is 0.615. The molecule has 1 N–H and O–H groups in total. The molecule has 0 bridgehead atoms. The standard InChI is InChI=1S/C13H15F3N2O/c14-13(15,16)9-3-4-11(17-7-9)18-10-5-6-19-12(10)8-1-2-8/h3-4,7-8,10,12H,1-2,5-6H2,(H,17,18). The van der Waals surface area contributed by atoms with E-state index in [0.29, 0.717) is 18.3 Å². The number of aromatic nitrogens is 1. The van der Waals surface area contributed by atoms with Gasteiger partial charge in [0.1, 0.15) is 5.82 Å². The molecule has 2 fully saturated rings. The van der Waals surface area contributed by atoms with Crippen LogP contribution in [0.2, 0.25) is 0 Å². The average molecular weight is 272 g/mol. The van der Waals surface area contributed by atoms with Crippen molar-refractivity contribution in [3.05, 3.63) is 23.9 Å². The van der Waals surface area contributed by atoms with Crippen LogP contribution in [0.3, 0.4) is 0 Å². The van der Waals surface area contributed by atoms with Crippen molar-refractivity contribution >= 4 is 5.82 Å². The second-order valence-electron chi connectivity index (χ2n) is 5.14. The highest BCUT2D eigenvalue weighted by Gasteiger charge is 2.40. The van der Waals surface area contributed by atoms with Gasteiger partial charge in [0, 0.05) is 12.8 Å². The molecule has 1 aromatic heterocycles. The molecule has 2 atom stereocenters. The lowest BCUT2D eigenvalue weighted by Crippen LogP contribution is -2.31. The second-order valence-corrected chi connectivity index (χ2v) is 5.14. The lowest BCUT2D eigenvalue weighted by molar-refractivity contribution is -0.137. The van der Waals surface area contributed by atoms with Gasteiger partial charge in [-0.1, -0.05) is 0 Å². The molecule has 6 heteroatoms. The van der Waals surface area contributed by atoms with E-state index in [2.05, 4.69) is 10.3 Å². The largest absolute Gasteiger partial charge is 0.417 e. The minimum atomic E-state index is -4.33. The predicted molar refractivity (Wildman–Crippen MR) is 63.7 cm³/mol. The van der Waals surface area contributed by atoms with Gasteiger partial charge in [-0.3, -0.25) is 0 Å². The summed E-state index contributed by atoms with van der Waals surface area (Å²) in [6, 6.07) is 2.60. The first kappa shape index (κ1) is 12.7. The lowest BCUT2D eigenvalue weighted by atomic mass is 10.1. The Kier molecular flexibility index (Phi) is 3.12. The number of nitrogens with one attached hydrogen (secondary N) is 1. The zero-order valence-electron chi connectivity index (χ0n) is 10.3. The van der Waals surface area contributed by atoms with Gasteiger partial charge in [-0.25, -0.2) is 4.98 Å². The van der Waals surface area contributed by atoms with Gasteiger partial charge in [-0.15, -0.1) is 0 Å². The first-order valence-electron chi connectivity index (χ1n) is 6.45. The Hall–Kier alpha value is -1.30. The Bertz CT molecular complexity index is 442. The molecule has 1 saturated heterocycles. The van der Waals surface area contributed by atoms with Crippen molar-refractivity contribution in [2.75, 3.05) is 11.9 Å². The molecule has 2 heterocycles. The van der Waals surface area contributed by atoms with E-state index in [-0.39, 0.29) is 12.1 Å². The number of nitrogens with zero attached hydrogens (tertiary/aromatic N) is 1. The van der Waals surface area contributed by atoms with E-state index in [9.17, 15) is 13.2 Å². The summed E-state index contributed by atoms with van der Waals surface area (Å²) < 4.78 is 42.9. The molecular weight excluding hydrogens is 257 g/mol. The molecule has 2 unspecified atom stereocenters. The molecule has 104 valence electrons. The van der Waals surface area contributed by atoms with Crippen LogP contribution in [0.25, 0.3) is 0 Å². The number of alkyl halides is 3. The molecular formula is C13H15F3N2O. The molecule has 19 heavy (non-hydrogen) atoms. The van der Waals surface area contributed by atoms with Crippen LogP contribution < -0.4 is 5.32 Å². The summed E-state index contributed by atoms with van der Waals surface area (Å²) >= 11 is 0. The summed E-state index contributed by atoms with van der Waals surface area (Å²) in [5, 5.41) is 3.19. The lowest BCUT2D eigenvalue weighted by Gasteiger charge is -2.20. The summed E-state index contributed by atoms with van der Waals surface area (Å²) in [6.45, 7) is 0.708. The molecule has 2 aliphatic rings. The van der Waals surface area contributed by atoms with Crippen molar-refractivity contribution in [3.8, 4) is 0 Å². The summed E-state index contributed by atoms with van der Waals surface area (Å²) in [6.07, 6.45) is -0.0386. The van der Waals surface area contributed by atoms with Gasteiger partial charge in [0.15, 0.2) is 0 Å². The predicted octanol–water partition coefficient (Wildman–Crippen LogP) is 3.08. The Balaban J connectivity index is 1.66. The molecule has 3 rings (SSSR count).